The summed E-state index contributed by atoms with van der Waals surface area (Å²) in [5.74, 6) is 1.13. The van der Waals surface area contributed by atoms with Gasteiger partial charge in [-0.15, -0.1) is 0 Å². The number of carbonyl (C=O) groups excluding carboxylic acids is 1. The molecule has 2 N–H and O–H groups in total. The van der Waals surface area contributed by atoms with E-state index < -0.39 is 12.1 Å². The molecule has 0 spiro atoms. The van der Waals surface area contributed by atoms with Gasteiger partial charge in [0.25, 0.3) is 0 Å². The quantitative estimate of drug-likeness (QED) is 0.579. The Labute approximate surface area is 119 Å². The average molecular weight is 281 g/mol. The summed E-state index contributed by atoms with van der Waals surface area (Å²) in [4.78, 5) is 21.8. The predicted molar refractivity (Wildman–Crippen MR) is 74.3 cm³/mol. The van der Waals surface area contributed by atoms with Crippen molar-refractivity contribution >= 4 is 12.1 Å². The lowest BCUT2D eigenvalue weighted by molar-refractivity contribution is -0.137. The first-order chi connectivity index (χ1) is 9.68. The summed E-state index contributed by atoms with van der Waals surface area (Å²) in [6.07, 6.45) is 9.27. The summed E-state index contributed by atoms with van der Waals surface area (Å²) in [6, 6.07) is 0. The first-order valence-corrected chi connectivity index (χ1v) is 7.46. The summed E-state index contributed by atoms with van der Waals surface area (Å²) in [5.41, 5.74) is 0. The number of nitrogens with one attached hydrogen (secondary N) is 1. The van der Waals surface area contributed by atoms with Gasteiger partial charge in [0.2, 0.25) is 0 Å². The third kappa shape index (κ3) is 4.54. The number of allylic oxidation sites excluding steroid dienone is 2. The van der Waals surface area contributed by atoms with Gasteiger partial charge in [-0.05, 0) is 49.9 Å². The minimum Gasteiger partial charge on any atom is -0.481 e. The number of amides is 1. The van der Waals surface area contributed by atoms with Crippen molar-refractivity contribution < 1.29 is 19.4 Å². The highest BCUT2D eigenvalue weighted by molar-refractivity contribution is 5.68. The zero-order valence-electron chi connectivity index (χ0n) is 11.7. The number of fused-ring (bicyclic) bond motifs is 1. The molecule has 0 saturated heterocycles. The molecular formula is C15H23NO4. The number of rotatable bonds is 6. The van der Waals surface area contributed by atoms with Crippen molar-refractivity contribution in [2.75, 3.05) is 13.2 Å². The van der Waals surface area contributed by atoms with E-state index in [1.165, 1.54) is 12.8 Å². The molecule has 2 rings (SSSR count). The maximum absolute atomic E-state index is 11.5. The van der Waals surface area contributed by atoms with Crippen LogP contribution in [0.1, 0.15) is 38.5 Å². The molecule has 0 aliphatic heterocycles. The number of hydrogen-bond donors (Lipinski definition) is 2. The van der Waals surface area contributed by atoms with Crippen LogP contribution in [0.3, 0.4) is 0 Å². The fourth-order valence-corrected chi connectivity index (χ4v) is 3.09. The molecule has 20 heavy (non-hydrogen) atoms. The van der Waals surface area contributed by atoms with Crippen LogP contribution in [0, 0.1) is 17.8 Å². The number of aliphatic carboxylic acids is 1. The molecule has 1 amide bonds. The molecule has 5 heteroatoms. The van der Waals surface area contributed by atoms with E-state index in [0.29, 0.717) is 25.5 Å². The zero-order valence-corrected chi connectivity index (χ0v) is 11.7. The number of carboxylic acids is 1. The second kappa shape index (κ2) is 7.31. The number of ether oxygens (including phenoxy) is 1. The minimum absolute atomic E-state index is 0.0695. The zero-order chi connectivity index (χ0) is 14.4. The van der Waals surface area contributed by atoms with Crippen molar-refractivity contribution in [2.24, 2.45) is 17.8 Å². The second-order valence-corrected chi connectivity index (χ2v) is 5.64. The molecule has 0 heterocycles. The van der Waals surface area contributed by atoms with Gasteiger partial charge < -0.3 is 15.2 Å². The van der Waals surface area contributed by atoms with Gasteiger partial charge in [0.1, 0.15) is 0 Å². The molecule has 0 aromatic carbocycles. The van der Waals surface area contributed by atoms with E-state index >= 15 is 0 Å². The number of carboxylic acid groups (broad SMARTS) is 1. The van der Waals surface area contributed by atoms with Crippen LogP contribution in [-0.2, 0) is 9.53 Å². The van der Waals surface area contributed by atoms with Gasteiger partial charge in [-0.25, -0.2) is 4.79 Å². The Morgan fingerprint density at radius 3 is 2.45 bits per heavy atom. The molecule has 2 aliphatic carbocycles. The smallest absolute Gasteiger partial charge is 0.407 e. The molecule has 5 nitrogen and oxygen atoms in total. The van der Waals surface area contributed by atoms with Crippen molar-refractivity contribution in [1.29, 1.82) is 0 Å². The highest BCUT2D eigenvalue weighted by Gasteiger charge is 2.49. The molecule has 1 unspecified atom stereocenters. The van der Waals surface area contributed by atoms with Crippen LogP contribution in [0.15, 0.2) is 12.2 Å². The molecule has 0 aromatic rings. The predicted octanol–water partition coefficient (Wildman–Crippen LogP) is 2.57. The highest BCUT2D eigenvalue weighted by Crippen LogP contribution is 2.52. The maximum atomic E-state index is 11.5. The van der Waals surface area contributed by atoms with Crippen molar-refractivity contribution in [3.05, 3.63) is 12.2 Å². The Kier molecular flexibility index (Phi) is 5.44. The summed E-state index contributed by atoms with van der Waals surface area (Å²) >= 11 is 0. The highest BCUT2D eigenvalue weighted by atomic mass is 16.5. The summed E-state index contributed by atoms with van der Waals surface area (Å²) in [7, 11) is 0. The van der Waals surface area contributed by atoms with Crippen LogP contribution in [0.25, 0.3) is 0 Å². The lowest BCUT2D eigenvalue weighted by atomic mass is 10.1. The third-order valence-corrected chi connectivity index (χ3v) is 4.25. The number of carbonyl (C=O) groups is 2. The lowest BCUT2D eigenvalue weighted by Crippen LogP contribution is -2.26. The Morgan fingerprint density at radius 1 is 1.20 bits per heavy atom. The number of hydrogen-bond acceptors (Lipinski definition) is 3. The van der Waals surface area contributed by atoms with Gasteiger partial charge in [0, 0.05) is 13.0 Å². The lowest BCUT2D eigenvalue weighted by Gasteiger charge is -2.06. The Hall–Kier alpha value is -1.52. The molecule has 1 saturated carbocycles. The Morgan fingerprint density at radius 2 is 1.85 bits per heavy atom. The summed E-state index contributed by atoms with van der Waals surface area (Å²) in [6.45, 7) is 0.854. The van der Waals surface area contributed by atoms with E-state index in [1.807, 2.05) is 0 Å². The molecule has 3 atom stereocenters. The largest absolute Gasteiger partial charge is 0.481 e. The molecule has 0 radical (unpaired) electrons. The van der Waals surface area contributed by atoms with Crippen LogP contribution >= 0.6 is 0 Å². The van der Waals surface area contributed by atoms with Crippen molar-refractivity contribution in [3.8, 4) is 0 Å². The van der Waals surface area contributed by atoms with Gasteiger partial charge in [-0.1, -0.05) is 12.2 Å². The van der Waals surface area contributed by atoms with Crippen molar-refractivity contribution in [3.63, 3.8) is 0 Å². The van der Waals surface area contributed by atoms with Crippen LogP contribution in [-0.4, -0.2) is 30.3 Å². The van der Waals surface area contributed by atoms with E-state index in [4.69, 9.17) is 9.84 Å². The van der Waals surface area contributed by atoms with E-state index in [-0.39, 0.29) is 6.42 Å². The fraction of sp³-hybridized carbons (Fsp3) is 0.733. The first-order valence-electron chi connectivity index (χ1n) is 7.46. The molecule has 1 fully saturated rings. The summed E-state index contributed by atoms with van der Waals surface area (Å²) < 4.78 is 5.23. The van der Waals surface area contributed by atoms with Crippen molar-refractivity contribution in [1.82, 2.24) is 5.32 Å². The molecule has 112 valence electrons. The van der Waals surface area contributed by atoms with E-state index in [2.05, 4.69) is 17.5 Å². The van der Waals surface area contributed by atoms with E-state index in [1.54, 1.807) is 0 Å². The third-order valence-electron chi connectivity index (χ3n) is 4.25. The standard InChI is InChI=1S/C15H23NO4/c17-14(18)8-5-9-16-15(19)20-10-13-11-6-3-1-2-4-7-12(11)13/h1-2,11-13H,3-10H2,(H,16,19)(H,17,18)/b2-1+/t11-,12+,13?. The Bertz CT molecular complexity index is 364. The first kappa shape index (κ1) is 14.9. The summed E-state index contributed by atoms with van der Waals surface area (Å²) in [5, 5.41) is 11.1. The molecule has 2 aliphatic rings. The van der Waals surface area contributed by atoms with Crippen LogP contribution in [0.2, 0.25) is 0 Å². The average Bonchev–Trinajstić information content (AvgIpc) is 3.02. The van der Waals surface area contributed by atoms with Gasteiger partial charge in [-0.2, -0.15) is 0 Å². The topological polar surface area (TPSA) is 75.6 Å². The van der Waals surface area contributed by atoms with E-state index in [0.717, 1.165) is 24.7 Å². The fourth-order valence-electron chi connectivity index (χ4n) is 3.09. The second-order valence-electron chi connectivity index (χ2n) is 5.64. The van der Waals surface area contributed by atoms with Crippen molar-refractivity contribution in [2.45, 2.75) is 38.5 Å². The van der Waals surface area contributed by atoms with Crippen LogP contribution in [0.5, 0.6) is 0 Å². The van der Waals surface area contributed by atoms with E-state index in [9.17, 15) is 9.59 Å². The van der Waals surface area contributed by atoms with Gasteiger partial charge in [-0.3, -0.25) is 4.79 Å². The van der Waals surface area contributed by atoms with Gasteiger partial charge >= 0.3 is 12.1 Å². The Balaban J connectivity index is 1.57. The number of alkyl carbamates (subject to hydrolysis) is 1. The maximum Gasteiger partial charge on any atom is 0.407 e. The molecule has 0 aromatic heterocycles. The molecular weight excluding hydrogens is 258 g/mol. The van der Waals surface area contributed by atoms with Gasteiger partial charge in [0.05, 0.1) is 6.61 Å². The van der Waals surface area contributed by atoms with Crippen LogP contribution < -0.4 is 5.32 Å². The normalized spacial score (nSPS) is 29.5. The monoisotopic (exact) mass is 281 g/mol. The minimum atomic E-state index is -0.844. The van der Waals surface area contributed by atoms with Crippen LogP contribution in [0.4, 0.5) is 4.79 Å². The van der Waals surface area contributed by atoms with Gasteiger partial charge in [0.15, 0.2) is 0 Å². The SMILES string of the molecule is O=C(O)CCCNC(=O)OCC1[C@H]2CC/C=C/CC[C@@H]12. The molecule has 0 bridgehead atoms.